The molecule has 0 aliphatic carbocycles. The molecule has 4 aromatic carbocycles. The van der Waals surface area contributed by atoms with Crippen molar-refractivity contribution < 1.29 is 9.47 Å². The number of hydrogen-bond acceptors (Lipinski definition) is 4. The Balaban J connectivity index is 1.40. The Kier molecular flexibility index (Phi) is 7.99. The Morgan fingerprint density at radius 2 is 0.842 bits per heavy atom. The maximum Gasteiger partial charge on any atom is 0.136 e. The molecule has 38 heavy (non-hydrogen) atoms. The fourth-order valence-electron chi connectivity index (χ4n) is 4.50. The summed E-state index contributed by atoms with van der Waals surface area (Å²) in [4.78, 5) is 14.9. The zero-order valence-corrected chi connectivity index (χ0v) is 21.8. The van der Waals surface area contributed by atoms with Gasteiger partial charge in [-0.3, -0.25) is 0 Å². The van der Waals surface area contributed by atoms with Crippen LogP contribution in [0.4, 0.5) is 11.4 Å². The van der Waals surface area contributed by atoms with E-state index in [0.717, 1.165) is 71.9 Å². The second-order valence-corrected chi connectivity index (χ2v) is 8.97. The van der Waals surface area contributed by atoms with Gasteiger partial charge in [-0.15, -0.1) is 0 Å². The Hall–Kier alpha value is -4.58. The topological polar surface area (TPSA) is 49.7 Å². The molecule has 1 aliphatic rings. The molecule has 1 aliphatic heterocycles. The van der Waals surface area contributed by atoms with Crippen LogP contribution in [0.3, 0.4) is 0 Å². The van der Waals surface area contributed by atoms with Crippen LogP contribution in [-0.2, 0) is 0 Å². The van der Waals surface area contributed by atoms with Gasteiger partial charge in [-0.2, -0.15) is 0 Å². The minimum absolute atomic E-state index is 0.823. The molecular weight excluding hydrogens is 472 g/mol. The van der Waals surface area contributed by atoms with Gasteiger partial charge in [0.25, 0.3) is 0 Å². The lowest BCUT2D eigenvalue weighted by Gasteiger charge is -2.38. The predicted molar refractivity (Wildman–Crippen MR) is 154 cm³/mol. The van der Waals surface area contributed by atoms with Crippen LogP contribution in [0.25, 0.3) is 0 Å². The molecule has 1 heterocycles. The molecule has 0 amide bonds. The minimum atomic E-state index is 0.823. The van der Waals surface area contributed by atoms with E-state index < -0.39 is 0 Å². The van der Waals surface area contributed by atoms with Crippen LogP contribution >= 0.6 is 0 Å². The van der Waals surface area contributed by atoms with E-state index in [9.17, 15) is 0 Å². The van der Waals surface area contributed by atoms with Crippen LogP contribution in [0, 0.1) is 0 Å². The number of aliphatic imine (C=N–C) groups is 2. The molecule has 0 radical (unpaired) electrons. The van der Waals surface area contributed by atoms with E-state index in [1.807, 2.05) is 60.7 Å². The first-order valence-electron chi connectivity index (χ1n) is 12.8. The molecule has 4 aromatic rings. The Morgan fingerprint density at radius 3 is 1.16 bits per heavy atom. The lowest BCUT2D eigenvalue weighted by molar-refractivity contribution is 0.259. The summed E-state index contributed by atoms with van der Waals surface area (Å²) < 4.78 is 10.6. The number of hydrogen-bond donors (Lipinski definition) is 0. The maximum atomic E-state index is 5.32. The fraction of sp³-hybridized carbons (Fsp3) is 0.188. The highest BCUT2D eigenvalue weighted by Gasteiger charge is 2.24. The van der Waals surface area contributed by atoms with Crippen molar-refractivity contribution in [3.05, 3.63) is 120 Å². The van der Waals surface area contributed by atoms with Gasteiger partial charge < -0.3 is 19.3 Å². The summed E-state index contributed by atoms with van der Waals surface area (Å²) in [5.41, 5.74) is 4.01. The van der Waals surface area contributed by atoms with Gasteiger partial charge >= 0.3 is 0 Å². The van der Waals surface area contributed by atoms with Gasteiger partial charge in [-0.1, -0.05) is 60.7 Å². The largest absolute Gasteiger partial charge is 0.497 e. The highest BCUT2D eigenvalue weighted by atomic mass is 16.5. The van der Waals surface area contributed by atoms with Crippen LogP contribution in [0.2, 0.25) is 0 Å². The number of amidine groups is 2. The van der Waals surface area contributed by atoms with Crippen molar-refractivity contribution in [3.8, 4) is 11.5 Å². The van der Waals surface area contributed by atoms with Crippen molar-refractivity contribution in [1.82, 2.24) is 9.80 Å². The Labute approximate surface area is 224 Å². The third-order valence-electron chi connectivity index (χ3n) is 6.56. The summed E-state index contributed by atoms with van der Waals surface area (Å²) in [6.45, 7) is 3.33. The second-order valence-electron chi connectivity index (χ2n) is 8.97. The molecule has 0 spiro atoms. The molecule has 0 bridgehead atoms. The van der Waals surface area contributed by atoms with Crippen LogP contribution in [0.1, 0.15) is 11.1 Å². The van der Waals surface area contributed by atoms with Gasteiger partial charge in [-0.25, -0.2) is 9.98 Å². The molecule has 192 valence electrons. The van der Waals surface area contributed by atoms with E-state index in [0.29, 0.717) is 0 Å². The maximum absolute atomic E-state index is 5.32. The minimum Gasteiger partial charge on any atom is -0.497 e. The van der Waals surface area contributed by atoms with E-state index in [2.05, 4.69) is 58.3 Å². The summed E-state index contributed by atoms with van der Waals surface area (Å²) in [6, 6.07) is 36.5. The number of nitrogens with zero attached hydrogens (tertiary/aromatic N) is 4. The van der Waals surface area contributed by atoms with Crippen molar-refractivity contribution >= 4 is 23.0 Å². The molecule has 0 atom stereocenters. The molecule has 6 heteroatoms. The molecular formula is C32H32N4O2. The third kappa shape index (κ3) is 6.03. The first-order valence-corrected chi connectivity index (χ1v) is 12.8. The van der Waals surface area contributed by atoms with E-state index in [1.54, 1.807) is 14.2 Å². The predicted octanol–water partition coefficient (Wildman–Crippen LogP) is 6.18. The molecule has 0 unspecified atom stereocenters. The van der Waals surface area contributed by atoms with Crippen LogP contribution < -0.4 is 9.47 Å². The quantitative estimate of drug-likeness (QED) is 0.232. The van der Waals surface area contributed by atoms with Crippen molar-refractivity contribution in [1.29, 1.82) is 0 Å². The second kappa shape index (κ2) is 12.1. The molecule has 6 nitrogen and oxygen atoms in total. The summed E-state index contributed by atoms with van der Waals surface area (Å²) in [5, 5.41) is 0. The number of methoxy groups -OCH3 is 2. The van der Waals surface area contributed by atoms with Crippen molar-refractivity contribution in [2.24, 2.45) is 9.98 Å². The normalized spacial score (nSPS) is 14.4. The zero-order chi connectivity index (χ0) is 26.2. The lowest BCUT2D eigenvalue weighted by Crippen LogP contribution is -2.51. The average molecular weight is 505 g/mol. The molecule has 0 N–H and O–H groups in total. The van der Waals surface area contributed by atoms with E-state index in [-0.39, 0.29) is 0 Å². The highest BCUT2D eigenvalue weighted by Crippen LogP contribution is 2.23. The smallest absolute Gasteiger partial charge is 0.136 e. The third-order valence-corrected chi connectivity index (χ3v) is 6.56. The van der Waals surface area contributed by atoms with Crippen molar-refractivity contribution in [2.75, 3.05) is 40.4 Å². The monoisotopic (exact) mass is 504 g/mol. The van der Waals surface area contributed by atoms with Crippen LogP contribution in [0.15, 0.2) is 119 Å². The van der Waals surface area contributed by atoms with Crippen LogP contribution in [-0.4, -0.2) is 61.9 Å². The molecule has 0 saturated carbocycles. The zero-order valence-electron chi connectivity index (χ0n) is 21.8. The van der Waals surface area contributed by atoms with Crippen molar-refractivity contribution in [2.45, 2.75) is 0 Å². The first-order chi connectivity index (χ1) is 18.7. The van der Waals surface area contributed by atoms with Gasteiger partial charge in [0.2, 0.25) is 0 Å². The summed E-state index contributed by atoms with van der Waals surface area (Å²) in [7, 11) is 3.35. The van der Waals surface area contributed by atoms with Gasteiger partial charge in [0, 0.05) is 37.3 Å². The average Bonchev–Trinajstić information content (AvgIpc) is 3.00. The van der Waals surface area contributed by atoms with E-state index >= 15 is 0 Å². The molecule has 1 saturated heterocycles. The number of benzene rings is 4. The summed E-state index contributed by atoms with van der Waals surface area (Å²) in [5.74, 6) is 3.60. The molecule has 5 rings (SSSR count). The summed E-state index contributed by atoms with van der Waals surface area (Å²) >= 11 is 0. The SMILES string of the molecule is COc1ccc(N=C(c2ccccc2)N2CCN(C(=Nc3ccc(OC)cc3)c3ccccc3)CC2)cc1. The Bertz CT molecular complexity index is 1250. The molecule has 0 aromatic heterocycles. The number of rotatable bonds is 6. The van der Waals surface area contributed by atoms with Gasteiger partial charge in [-0.05, 0) is 48.5 Å². The lowest BCUT2D eigenvalue weighted by atomic mass is 10.1. The Morgan fingerprint density at radius 1 is 0.500 bits per heavy atom. The first kappa shape index (κ1) is 25.1. The van der Waals surface area contributed by atoms with E-state index in [1.165, 1.54) is 0 Å². The number of ether oxygens (including phenoxy) is 2. The standard InChI is InChI=1S/C32H32N4O2/c1-37-29-17-13-27(14-18-29)33-31(25-9-5-3-6-10-25)35-21-23-36(24-22-35)32(26-11-7-4-8-12-26)34-28-15-19-30(38-2)20-16-28/h3-20H,21-24H2,1-2H3. The van der Waals surface area contributed by atoms with Crippen LogP contribution in [0.5, 0.6) is 11.5 Å². The fourth-order valence-corrected chi connectivity index (χ4v) is 4.50. The molecule has 1 fully saturated rings. The summed E-state index contributed by atoms with van der Waals surface area (Å²) in [6.07, 6.45) is 0. The highest BCUT2D eigenvalue weighted by molar-refractivity contribution is 6.02. The number of piperazine rings is 1. The van der Waals surface area contributed by atoms with Gasteiger partial charge in [0.15, 0.2) is 0 Å². The van der Waals surface area contributed by atoms with Gasteiger partial charge in [0.05, 0.1) is 25.6 Å². The van der Waals surface area contributed by atoms with Crippen molar-refractivity contribution in [3.63, 3.8) is 0 Å². The van der Waals surface area contributed by atoms with E-state index in [4.69, 9.17) is 19.5 Å². The van der Waals surface area contributed by atoms with Gasteiger partial charge in [0.1, 0.15) is 23.2 Å².